The molecule has 0 bridgehead atoms. The smallest absolute Gasteiger partial charge is 0.257 e. The van der Waals surface area contributed by atoms with Crippen molar-refractivity contribution in [3.63, 3.8) is 0 Å². The van der Waals surface area contributed by atoms with Crippen molar-refractivity contribution in [2.45, 2.75) is 19.4 Å². The topological polar surface area (TPSA) is 62.1 Å². The molecule has 118 valence electrons. The van der Waals surface area contributed by atoms with Crippen molar-refractivity contribution >= 4 is 5.91 Å². The second-order valence-electron chi connectivity index (χ2n) is 5.36. The Bertz CT molecular complexity index is 706. The van der Waals surface area contributed by atoms with Crippen LogP contribution in [-0.4, -0.2) is 27.3 Å². The van der Waals surface area contributed by atoms with E-state index in [2.05, 4.69) is 22.1 Å². The van der Waals surface area contributed by atoms with Crippen LogP contribution >= 0.6 is 0 Å². The molecule has 0 aliphatic heterocycles. The highest BCUT2D eigenvalue weighted by Gasteiger charge is 2.17. The zero-order chi connectivity index (χ0) is 15.9. The highest BCUT2D eigenvalue weighted by molar-refractivity contribution is 5.93. The van der Waals surface area contributed by atoms with Gasteiger partial charge in [-0.25, -0.2) is 4.98 Å². The number of carbonyl (C=O) groups is 1. The summed E-state index contributed by atoms with van der Waals surface area (Å²) in [5.74, 6) is 0.741. The van der Waals surface area contributed by atoms with Crippen LogP contribution in [0.1, 0.15) is 28.2 Å². The lowest BCUT2D eigenvalue weighted by atomic mass is 10.1. The lowest BCUT2D eigenvalue weighted by Gasteiger charge is -2.21. The van der Waals surface area contributed by atoms with Gasteiger partial charge in [0, 0.05) is 18.9 Å². The molecule has 0 aliphatic rings. The number of benzene rings is 1. The number of nitrogens with zero attached hydrogens (tertiary/aromatic N) is 2. The van der Waals surface area contributed by atoms with E-state index in [9.17, 15) is 4.79 Å². The van der Waals surface area contributed by atoms with Crippen molar-refractivity contribution < 1.29 is 9.21 Å². The number of carbonyl (C=O) groups excluding carboxylic acids is 1. The molecule has 2 heterocycles. The Hall–Kier alpha value is -2.82. The highest BCUT2D eigenvalue weighted by atomic mass is 16.3. The van der Waals surface area contributed by atoms with Crippen molar-refractivity contribution in [2.75, 3.05) is 6.54 Å². The molecule has 3 aromatic rings. The van der Waals surface area contributed by atoms with E-state index in [0.717, 1.165) is 18.7 Å². The molecule has 1 amide bonds. The van der Waals surface area contributed by atoms with Gasteiger partial charge < -0.3 is 14.3 Å². The molecule has 0 atom stereocenters. The minimum Gasteiger partial charge on any atom is -0.472 e. The van der Waals surface area contributed by atoms with Gasteiger partial charge in [-0.3, -0.25) is 4.79 Å². The molecule has 0 aliphatic carbocycles. The Morgan fingerprint density at radius 3 is 2.78 bits per heavy atom. The summed E-state index contributed by atoms with van der Waals surface area (Å²) in [4.78, 5) is 21.7. The number of rotatable bonds is 7. The second kappa shape index (κ2) is 7.45. The van der Waals surface area contributed by atoms with Crippen molar-refractivity contribution in [3.05, 3.63) is 78.3 Å². The van der Waals surface area contributed by atoms with Crippen LogP contribution in [0.15, 0.2) is 65.7 Å². The number of hydrogen-bond acceptors (Lipinski definition) is 3. The summed E-state index contributed by atoms with van der Waals surface area (Å²) in [5, 5.41) is 0. The minimum atomic E-state index is -0.0387. The zero-order valence-corrected chi connectivity index (χ0v) is 12.8. The fourth-order valence-electron chi connectivity index (χ4n) is 2.51. The quantitative estimate of drug-likeness (QED) is 0.728. The maximum atomic E-state index is 12.6. The van der Waals surface area contributed by atoms with E-state index in [-0.39, 0.29) is 5.91 Å². The number of imidazole rings is 1. The first kappa shape index (κ1) is 15.1. The Morgan fingerprint density at radius 1 is 1.22 bits per heavy atom. The normalized spacial score (nSPS) is 10.6. The second-order valence-corrected chi connectivity index (χ2v) is 5.36. The van der Waals surface area contributed by atoms with Crippen molar-refractivity contribution in [2.24, 2.45) is 0 Å². The van der Waals surface area contributed by atoms with Gasteiger partial charge in [-0.1, -0.05) is 30.3 Å². The number of aryl methyl sites for hydroxylation is 1. The highest BCUT2D eigenvalue weighted by Crippen LogP contribution is 2.11. The Labute approximate surface area is 135 Å². The molecule has 1 aromatic carbocycles. The SMILES string of the molecule is O=C(c1ccoc1)N(CCCc1ccccc1)Cc1ncc[nH]1. The molecule has 5 nitrogen and oxygen atoms in total. The minimum absolute atomic E-state index is 0.0387. The summed E-state index contributed by atoms with van der Waals surface area (Å²) < 4.78 is 5.02. The standard InChI is InChI=1S/C18H19N3O2/c22-18(16-8-12-23-14-16)21(13-17-19-9-10-20-17)11-4-7-15-5-2-1-3-6-15/h1-3,5-6,8-10,12,14H,4,7,11,13H2,(H,19,20). The van der Waals surface area contributed by atoms with Crippen LogP contribution in [0.4, 0.5) is 0 Å². The number of hydrogen-bond donors (Lipinski definition) is 1. The third-order valence-electron chi connectivity index (χ3n) is 3.69. The maximum Gasteiger partial charge on any atom is 0.257 e. The molecule has 0 radical (unpaired) electrons. The van der Waals surface area contributed by atoms with Crippen LogP contribution in [0.2, 0.25) is 0 Å². The first-order valence-electron chi connectivity index (χ1n) is 7.66. The third kappa shape index (κ3) is 4.10. The largest absolute Gasteiger partial charge is 0.472 e. The van der Waals surface area contributed by atoms with E-state index < -0.39 is 0 Å². The number of amides is 1. The Balaban J connectivity index is 1.64. The Morgan fingerprint density at radius 2 is 2.09 bits per heavy atom. The molecule has 1 N–H and O–H groups in total. The lowest BCUT2D eigenvalue weighted by Crippen LogP contribution is -2.32. The van der Waals surface area contributed by atoms with Crippen LogP contribution in [0.3, 0.4) is 0 Å². The van der Waals surface area contributed by atoms with Gasteiger partial charge in [0.15, 0.2) is 0 Å². The average molecular weight is 309 g/mol. The fourth-order valence-corrected chi connectivity index (χ4v) is 2.51. The van der Waals surface area contributed by atoms with E-state index in [1.165, 1.54) is 18.1 Å². The molecule has 23 heavy (non-hydrogen) atoms. The van der Waals surface area contributed by atoms with Crippen LogP contribution in [0.25, 0.3) is 0 Å². The van der Waals surface area contributed by atoms with Crippen LogP contribution < -0.4 is 0 Å². The molecule has 3 rings (SSSR count). The van der Waals surface area contributed by atoms with Gasteiger partial charge in [-0.05, 0) is 24.5 Å². The van der Waals surface area contributed by atoms with E-state index >= 15 is 0 Å². The van der Waals surface area contributed by atoms with Gasteiger partial charge in [0.05, 0.1) is 18.4 Å². The summed E-state index contributed by atoms with van der Waals surface area (Å²) in [7, 11) is 0. The van der Waals surface area contributed by atoms with Gasteiger partial charge in [0.1, 0.15) is 12.1 Å². The number of aromatic nitrogens is 2. The third-order valence-corrected chi connectivity index (χ3v) is 3.69. The van der Waals surface area contributed by atoms with Crippen molar-refractivity contribution in [1.29, 1.82) is 0 Å². The molecule has 0 spiro atoms. The van der Waals surface area contributed by atoms with Gasteiger partial charge >= 0.3 is 0 Å². The van der Waals surface area contributed by atoms with Crippen LogP contribution in [-0.2, 0) is 13.0 Å². The van der Waals surface area contributed by atoms with Crippen LogP contribution in [0.5, 0.6) is 0 Å². The van der Waals surface area contributed by atoms with Gasteiger partial charge in [-0.15, -0.1) is 0 Å². The molecule has 5 heteroatoms. The predicted molar refractivity (Wildman–Crippen MR) is 86.8 cm³/mol. The molecular formula is C18H19N3O2. The van der Waals surface area contributed by atoms with Crippen LogP contribution in [0, 0.1) is 0 Å². The Kier molecular flexibility index (Phi) is 4.88. The van der Waals surface area contributed by atoms with Crippen molar-refractivity contribution in [1.82, 2.24) is 14.9 Å². The van der Waals surface area contributed by atoms with E-state index in [1.807, 2.05) is 18.2 Å². The number of furan rings is 1. The molecule has 0 unspecified atom stereocenters. The van der Waals surface area contributed by atoms with E-state index in [1.54, 1.807) is 23.4 Å². The van der Waals surface area contributed by atoms with E-state index in [0.29, 0.717) is 18.7 Å². The number of aromatic amines is 1. The summed E-state index contributed by atoms with van der Waals surface area (Å²) in [6.07, 6.45) is 8.29. The summed E-state index contributed by atoms with van der Waals surface area (Å²) >= 11 is 0. The molecule has 0 fully saturated rings. The number of H-pyrrole nitrogens is 1. The zero-order valence-electron chi connectivity index (χ0n) is 12.8. The first-order valence-corrected chi connectivity index (χ1v) is 7.66. The van der Waals surface area contributed by atoms with E-state index in [4.69, 9.17) is 4.42 Å². The van der Waals surface area contributed by atoms with Gasteiger partial charge in [-0.2, -0.15) is 0 Å². The van der Waals surface area contributed by atoms with Gasteiger partial charge in [0.2, 0.25) is 0 Å². The predicted octanol–water partition coefficient (Wildman–Crippen LogP) is 3.28. The lowest BCUT2D eigenvalue weighted by molar-refractivity contribution is 0.0736. The molecular weight excluding hydrogens is 290 g/mol. The average Bonchev–Trinajstić information content (AvgIpc) is 3.28. The van der Waals surface area contributed by atoms with Crippen molar-refractivity contribution in [3.8, 4) is 0 Å². The molecule has 0 saturated carbocycles. The maximum absolute atomic E-state index is 12.6. The summed E-state index contributed by atoms with van der Waals surface area (Å²) in [5.41, 5.74) is 1.84. The first-order chi connectivity index (χ1) is 11.3. The molecule has 0 saturated heterocycles. The summed E-state index contributed by atoms with van der Waals surface area (Å²) in [6.45, 7) is 1.13. The molecule has 2 aromatic heterocycles. The fraction of sp³-hybridized carbons (Fsp3) is 0.222. The number of nitrogens with one attached hydrogen (secondary N) is 1. The van der Waals surface area contributed by atoms with Gasteiger partial charge in [0.25, 0.3) is 5.91 Å². The monoisotopic (exact) mass is 309 g/mol. The summed E-state index contributed by atoms with van der Waals surface area (Å²) in [6, 6.07) is 12.0.